The van der Waals surface area contributed by atoms with Gasteiger partial charge in [-0.25, -0.2) is 0 Å². The quantitative estimate of drug-likeness (QED) is 0.573. The molecule has 4 nitrogen and oxygen atoms in total. The van der Waals surface area contributed by atoms with Crippen LogP contribution in [0.15, 0.2) is 0 Å². The van der Waals surface area contributed by atoms with Crippen LogP contribution in [0.5, 0.6) is 0 Å². The molecule has 20 heavy (non-hydrogen) atoms. The van der Waals surface area contributed by atoms with Gasteiger partial charge >= 0.3 is 0 Å². The van der Waals surface area contributed by atoms with Crippen molar-refractivity contribution in [2.75, 3.05) is 20.3 Å². The average Bonchev–Trinajstić information content (AvgIpc) is 2.86. The molecule has 0 aromatic heterocycles. The Balaban J connectivity index is 2.16. The molecule has 1 amide bonds. The van der Waals surface area contributed by atoms with Crippen LogP contribution >= 0.6 is 0 Å². The second-order valence-corrected chi connectivity index (χ2v) is 5.99. The molecule has 0 saturated heterocycles. The number of hydrogen-bond donors (Lipinski definition) is 2. The van der Waals surface area contributed by atoms with E-state index >= 15 is 0 Å². The molecule has 118 valence electrons. The molecule has 1 rings (SSSR count). The van der Waals surface area contributed by atoms with Crippen LogP contribution < -0.4 is 11.1 Å². The van der Waals surface area contributed by atoms with Crippen molar-refractivity contribution in [2.24, 2.45) is 11.7 Å². The van der Waals surface area contributed by atoms with E-state index in [2.05, 4.69) is 12.2 Å². The van der Waals surface area contributed by atoms with E-state index in [9.17, 15) is 4.79 Å². The van der Waals surface area contributed by atoms with Crippen LogP contribution in [0.25, 0.3) is 0 Å². The van der Waals surface area contributed by atoms with Crippen molar-refractivity contribution in [1.82, 2.24) is 5.32 Å². The summed E-state index contributed by atoms with van der Waals surface area (Å²) in [5.74, 6) is 0.118. The van der Waals surface area contributed by atoms with E-state index in [1.807, 2.05) is 7.05 Å². The Hall–Kier alpha value is -0.610. The lowest BCUT2D eigenvalue weighted by Gasteiger charge is -2.32. The van der Waals surface area contributed by atoms with Crippen molar-refractivity contribution in [3.63, 3.8) is 0 Å². The summed E-state index contributed by atoms with van der Waals surface area (Å²) in [6.45, 7) is 3.82. The van der Waals surface area contributed by atoms with Crippen molar-refractivity contribution in [3.05, 3.63) is 0 Å². The summed E-state index contributed by atoms with van der Waals surface area (Å²) < 4.78 is 5.71. The standard InChI is InChI=1S/C16H32N2O2/c1-3-4-5-6-7-12-20-13-10-14-9-8-11-16(14,18-2)15(17)19/h14,18H,3-13H2,1-2H3,(H2,17,19). The molecule has 0 radical (unpaired) electrons. The number of amides is 1. The number of hydrogen-bond acceptors (Lipinski definition) is 3. The minimum absolute atomic E-state index is 0.206. The van der Waals surface area contributed by atoms with Gasteiger partial charge < -0.3 is 15.8 Å². The lowest BCUT2D eigenvalue weighted by atomic mass is 9.84. The van der Waals surface area contributed by atoms with Crippen LogP contribution in [-0.4, -0.2) is 31.7 Å². The average molecular weight is 284 g/mol. The first-order chi connectivity index (χ1) is 9.67. The van der Waals surface area contributed by atoms with Gasteiger partial charge in [0.25, 0.3) is 0 Å². The summed E-state index contributed by atoms with van der Waals surface area (Å²) >= 11 is 0. The molecule has 0 heterocycles. The Kier molecular flexibility index (Phi) is 8.15. The van der Waals surface area contributed by atoms with Gasteiger partial charge in [0.05, 0.1) is 0 Å². The minimum Gasteiger partial charge on any atom is -0.381 e. The van der Waals surface area contributed by atoms with Crippen molar-refractivity contribution in [1.29, 1.82) is 0 Å². The summed E-state index contributed by atoms with van der Waals surface area (Å²) in [7, 11) is 1.84. The summed E-state index contributed by atoms with van der Waals surface area (Å²) in [5.41, 5.74) is 5.09. The van der Waals surface area contributed by atoms with E-state index in [1.165, 1.54) is 25.7 Å². The van der Waals surface area contributed by atoms with Gasteiger partial charge in [0, 0.05) is 13.2 Å². The molecule has 0 spiro atoms. The largest absolute Gasteiger partial charge is 0.381 e. The lowest BCUT2D eigenvalue weighted by molar-refractivity contribution is -0.125. The number of primary amides is 1. The molecule has 0 aliphatic heterocycles. The summed E-state index contributed by atoms with van der Waals surface area (Å²) in [6.07, 6.45) is 10.3. The first-order valence-electron chi connectivity index (χ1n) is 8.24. The van der Waals surface area contributed by atoms with Gasteiger partial charge in [-0.15, -0.1) is 0 Å². The Morgan fingerprint density at radius 2 is 2.05 bits per heavy atom. The fraction of sp³-hybridized carbons (Fsp3) is 0.938. The molecule has 1 aliphatic carbocycles. The monoisotopic (exact) mass is 284 g/mol. The van der Waals surface area contributed by atoms with Gasteiger partial charge in [0.1, 0.15) is 5.54 Å². The molecule has 3 N–H and O–H groups in total. The number of likely N-dealkylation sites (N-methyl/N-ethyl adjacent to an activating group) is 1. The fourth-order valence-corrected chi connectivity index (χ4v) is 3.38. The van der Waals surface area contributed by atoms with E-state index in [-0.39, 0.29) is 5.91 Å². The summed E-state index contributed by atoms with van der Waals surface area (Å²) in [5, 5.41) is 3.17. The molecule has 1 fully saturated rings. The third-order valence-corrected chi connectivity index (χ3v) is 4.71. The van der Waals surface area contributed by atoms with Crippen molar-refractivity contribution in [2.45, 2.75) is 70.3 Å². The van der Waals surface area contributed by atoms with Gasteiger partial charge in [0.2, 0.25) is 5.91 Å². The van der Waals surface area contributed by atoms with E-state index in [0.717, 1.165) is 45.3 Å². The molecule has 1 saturated carbocycles. The number of nitrogens with one attached hydrogen (secondary N) is 1. The predicted octanol–water partition coefficient (Wildman–Crippen LogP) is 2.61. The number of carbonyl (C=O) groups excluding carboxylic acids is 1. The summed E-state index contributed by atoms with van der Waals surface area (Å²) in [6, 6.07) is 0. The highest BCUT2D eigenvalue weighted by molar-refractivity contribution is 5.85. The maximum atomic E-state index is 11.7. The molecule has 4 heteroatoms. The molecular formula is C16H32N2O2. The smallest absolute Gasteiger partial charge is 0.238 e. The molecular weight excluding hydrogens is 252 g/mol. The first kappa shape index (κ1) is 17.4. The number of rotatable bonds is 11. The van der Waals surface area contributed by atoms with Crippen LogP contribution in [0, 0.1) is 5.92 Å². The minimum atomic E-state index is -0.496. The molecule has 0 aromatic rings. The van der Waals surface area contributed by atoms with Crippen LogP contribution in [0.4, 0.5) is 0 Å². The maximum absolute atomic E-state index is 11.7. The highest BCUT2D eigenvalue weighted by atomic mass is 16.5. The molecule has 0 aromatic carbocycles. The van der Waals surface area contributed by atoms with Crippen LogP contribution in [-0.2, 0) is 9.53 Å². The molecule has 2 unspecified atom stereocenters. The Labute approximate surface area is 123 Å². The van der Waals surface area contributed by atoms with Gasteiger partial charge in [-0.1, -0.05) is 39.0 Å². The Morgan fingerprint density at radius 3 is 2.70 bits per heavy atom. The SMILES string of the molecule is CCCCCCCOCCC1CCCC1(NC)C(N)=O. The third kappa shape index (κ3) is 4.74. The van der Waals surface area contributed by atoms with E-state index in [4.69, 9.17) is 10.5 Å². The van der Waals surface area contributed by atoms with E-state index in [0.29, 0.717) is 5.92 Å². The van der Waals surface area contributed by atoms with Crippen LogP contribution in [0.1, 0.15) is 64.7 Å². The molecule has 1 aliphatic rings. The second-order valence-electron chi connectivity index (χ2n) is 5.99. The predicted molar refractivity (Wildman–Crippen MR) is 82.5 cm³/mol. The second kappa shape index (κ2) is 9.35. The van der Waals surface area contributed by atoms with Gasteiger partial charge in [-0.3, -0.25) is 4.79 Å². The maximum Gasteiger partial charge on any atom is 0.238 e. The number of unbranched alkanes of at least 4 members (excludes halogenated alkanes) is 4. The normalized spacial score (nSPS) is 26.0. The highest BCUT2D eigenvalue weighted by Gasteiger charge is 2.46. The Morgan fingerprint density at radius 1 is 1.30 bits per heavy atom. The van der Waals surface area contributed by atoms with Gasteiger partial charge in [-0.2, -0.15) is 0 Å². The molecule has 2 atom stereocenters. The van der Waals surface area contributed by atoms with Crippen molar-refractivity contribution in [3.8, 4) is 0 Å². The summed E-state index contributed by atoms with van der Waals surface area (Å²) in [4.78, 5) is 11.7. The molecule has 0 bridgehead atoms. The Bertz CT molecular complexity index is 284. The fourth-order valence-electron chi connectivity index (χ4n) is 3.38. The zero-order chi connectivity index (χ0) is 14.8. The van der Waals surface area contributed by atoms with Crippen LogP contribution in [0.3, 0.4) is 0 Å². The van der Waals surface area contributed by atoms with E-state index in [1.54, 1.807) is 0 Å². The number of ether oxygens (including phenoxy) is 1. The van der Waals surface area contributed by atoms with Crippen LogP contribution in [0.2, 0.25) is 0 Å². The van der Waals surface area contributed by atoms with Crippen molar-refractivity contribution < 1.29 is 9.53 Å². The zero-order valence-corrected chi connectivity index (χ0v) is 13.2. The van der Waals surface area contributed by atoms with Gasteiger partial charge in [-0.05, 0) is 38.6 Å². The van der Waals surface area contributed by atoms with E-state index < -0.39 is 5.54 Å². The lowest BCUT2D eigenvalue weighted by Crippen LogP contribution is -2.56. The van der Waals surface area contributed by atoms with Gasteiger partial charge in [0.15, 0.2) is 0 Å². The zero-order valence-electron chi connectivity index (χ0n) is 13.2. The first-order valence-corrected chi connectivity index (χ1v) is 8.24. The number of carbonyl (C=O) groups is 1. The topological polar surface area (TPSA) is 64.3 Å². The number of nitrogens with two attached hydrogens (primary N) is 1. The van der Waals surface area contributed by atoms with Crippen molar-refractivity contribution >= 4 is 5.91 Å². The third-order valence-electron chi connectivity index (χ3n) is 4.71. The highest BCUT2D eigenvalue weighted by Crippen LogP contribution is 2.37.